The van der Waals surface area contributed by atoms with Gasteiger partial charge in [-0.3, -0.25) is 9.59 Å². The topological polar surface area (TPSA) is 95.9 Å². The highest BCUT2D eigenvalue weighted by atomic mass is 16.5. The third-order valence-corrected chi connectivity index (χ3v) is 11.3. The fraction of sp³-hybridized carbons (Fsp3) is 0.880. The predicted molar refractivity (Wildman–Crippen MR) is 241 cm³/mol. The molecule has 6 nitrogen and oxygen atoms in total. The molecule has 2 unspecified atom stereocenters. The van der Waals surface area contributed by atoms with E-state index < -0.39 is 12.1 Å². The maximum atomic E-state index is 12.4. The van der Waals surface area contributed by atoms with Gasteiger partial charge >= 0.3 is 5.97 Å². The number of hydrogen-bond donors (Lipinski definition) is 3. The molecule has 6 heteroatoms. The lowest BCUT2D eigenvalue weighted by Gasteiger charge is -2.22. The van der Waals surface area contributed by atoms with Gasteiger partial charge in [0.25, 0.3) is 0 Å². The molecule has 0 saturated heterocycles. The van der Waals surface area contributed by atoms with E-state index >= 15 is 0 Å². The van der Waals surface area contributed by atoms with Gasteiger partial charge in [-0.2, -0.15) is 0 Å². The van der Waals surface area contributed by atoms with Crippen LogP contribution in [0, 0.1) is 0 Å². The van der Waals surface area contributed by atoms with Gasteiger partial charge in [0.05, 0.1) is 25.4 Å². The number of aliphatic hydroxyl groups excluding tert-OH is 2. The normalized spacial score (nSPS) is 12.9. The van der Waals surface area contributed by atoms with Crippen molar-refractivity contribution < 1.29 is 24.5 Å². The Bertz CT molecular complexity index is 874. The number of amides is 1. The molecule has 0 aliphatic rings. The van der Waals surface area contributed by atoms with Crippen molar-refractivity contribution >= 4 is 11.9 Å². The molecule has 2 atom stereocenters. The van der Waals surface area contributed by atoms with E-state index in [1.165, 1.54) is 167 Å². The van der Waals surface area contributed by atoms with Crippen molar-refractivity contribution in [2.45, 2.75) is 270 Å². The fourth-order valence-electron chi connectivity index (χ4n) is 7.42. The van der Waals surface area contributed by atoms with Gasteiger partial charge in [0.1, 0.15) is 0 Å². The minimum absolute atomic E-state index is 0.0173. The molecule has 0 radical (unpaired) electrons. The van der Waals surface area contributed by atoms with Crippen molar-refractivity contribution in [2.75, 3.05) is 13.2 Å². The van der Waals surface area contributed by atoms with E-state index in [1.54, 1.807) is 0 Å². The molecule has 0 aliphatic carbocycles. The van der Waals surface area contributed by atoms with Gasteiger partial charge in [0.2, 0.25) is 5.91 Å². The van der Waals surface area contributed by atoms with E-state index in [1.807, 2.05) is 0 Å². The molecule has 1 amide bonds. The van der Waals surface area contributed by atoms with Gasteiger partial charge in [0.15, 0.2) is 0 Å². The number of carbonyl (C=O) groups excluding carboxylic acids is 2. The van der Waals surface area contributed by atoms with Crippen molar-refractivity contribution in [3.8, 4) is 0 Å². The largest absolute Gasteiger partial charge is 0.466 e. The van der Waals surface area contributed by atoms with Crippen molar-refractivity contribution in [2.24, 2.45) is 0 Å². The van der Waals surface area contributed by atoms with Crippen molar-refractivity contribution in [1.29, 1.82) is 0 Å². The van der Waals surface area contributed by atoms with Crippen LogP contribution in [-0.2, 0) is 14.3 Å². The summed E-state index contributed by atoms with van der Waals surface area (Å²) in [7, 11) is 0. The number of unbranched alkanes of at least 4 members (excludes halogenated alkanes) is 30. The zero-order chi connectivity index (χ0) is 40.8. The second-order valence-corrected chi connectivity index (χ2v) is 16.8. The van der Waals surface area contributed by atoms with E-state index in [4.69, 9.17) is 4.74 Å². The first-order valence-corrected chi connectivity index (χ1v) is 24.6. The quantitative estimate of drug-likeness (QED) is 0.0324. The molecular weight excluding hydrogens is 695 g/mol. The van der Waals surface area contributed by atoms with Crippen molar-refractivity contribution in [3.05, 3.63) is 24.3 Å². The van der Waals surface area contributed by atoms with E-state index in [-0.39, 0.29) is 18.5 Å². The lowest BCUT2D eigenvalue weighted by molar-refractivity contribution is -0.143. The molecule has 0 aromatic carbocycles. The van der Waals surface area contributed by atoms with Crippen LogP contribution in [0.25, 0.3) is 0 Å². The fourth-order valence-corrected chi connectivity index (χ4v) is 7.42. The molecule has 56 heavy (non-hydrogen) atoms. The maximum Gasteiger partial charge on any atom is 0.305 e. The van der Waals surface area contributed by atoms with Gasteiger partial charge in [0, 0.05) is 12.8 Å². The summed E-state index contributed by atoms with van der Waals surface area (Å²) in [5.41, 5.74) is 0. The Labute approximate surface area is 348 Å². The molecule has 0 fully saturated rings. The number of hydrogen-bond acceptors (Lipinski definition) is 5. The molecular formula is C50H95NO5. The van der Waals surface area contributed by atoms with Crippen LogP contribution in [-0.4, -0.2) is 47.4 Å². The number of aliphatic hydroxyl groups is 2. The molecule has 0 aromatic heterocycles. The zero-order valence-electron chi connectivity index (χ0n) is 37.4. The Morgan fingerprint density at radius 1 is 0.500 bits per heavy atom. The summed E-state index contributed by atoms with van der Waals surface area (Å²) < 4.78 is 5.45. The van der Waals surface area contributed by atoms with E-state index in [0.717, 1.165) is 57.8 Å². The Morgan fingerprint density at radius 2 is 0.911 bits per heavy atom. The summed E-state index contributed by atoms with van der Waals surface area (Å²) in [4.78, 5) is 24.4. The summed E-state index contributed by atoms with van der Waals surface area (Å²) in [6.07, 6.45) is 52.8. The minimum atomic E-state index is -0.670. The molecule has 0 aliphatic heterocycles. The smallest absolute Gasteiger partial charge is 0.305 e. The van der Waals surface area contributed by atoms with Gasteiger partial charge in [-0.25, -0.2) is 0 Å². The van der Waals surface area contributed by atoms with Gasteiger partial charge < -0.3 is 20.3 Å². The van der Waals surface area contributed by atoms with E-state index in [2.05, 4.69) is 43.5 Å². The summed E-state index contributed by atoms with van der Waals surface area (Å²) in [5.74, 6) is -0.0650. The third-order valence-electron chi connectivity index (χ3n) is 11.3. The first-order valence-electron chi connectivity index (χ1n) is 24.6. The first-order chi connectivity index (χ1) is 27.5. The molecule has 0 aromatic rings. The lowest BCUT2D eigenvalue weighted by Crippen LogP contribution is -2.45. The summed E-state index contributed by atoms with van der Waals surface area (Å²) in [6, 6.07) is -0.548. The molecule has 0 bridgehead atoms. The lowest BCUT2D eigenvalue weighted by atomic mass is 10.0. The Balaban J connectivity index is 3.44. The number of ether oxygens (including phenoxy) is 1. The highest BCUT2D eigenvalue weighted by molar-refractivity contribution is 5.76. The van der Waals surface area contributed by atoms with Crippen LogP contribution in [0.15, 0.2) is 24.3 Å². The van der Waals surface area contributed by atoms with E-state index in [0.29, 0.717) is 25.9 Å². The highest BCUT2D eigenvalue weighted by Gasteiger charge is 2.20. The third kappa shape index (κ3) is 42.0. The number of carbonyl (C=O) groups is 2. The van der Waals surface area contributed by atoms with Crippen LogP contribution in [0.3, 0.4) is 0 Å². The molecule has 0 heterocycles. The number of nitrogens with one attached hydrogen (secondary N) is 1. The van der Waals surface area contributed by atoms with Crippen LogP contribution in [0.2, 0.25) is 0 Å². The Kier molecular flexibility index (Phi) is 44.7. The second kappa shape index (κ2) is 46.0. The predicted octanol–water partition coefficient (Wildman–Crippen LogP) is 14.3. The number of esters is 1. The minimum Gasteiger partial charge on any atom is -0.466 e. The van der Waals surface area contributed by atoms with Crippen LogP contribution in [0.4, 0.5) is 0 Å². The standard InChI is InChI=1S/C50H95NO5/c1-3-5-7-9-11-13-15-16-20-24-28-32-36-40-44-50(55)56-45-41-37-33-29-25-21-18-17-19-23-27-31-35-39-43-49(54)51-47(46-52)48(53)42-38-34-30-26-22-14-12-10-8-6-4-2/h9,11,15-16,47-48,52-53H,3-8,10,12-14,17-46H2,1-2H3,(H,51,54)/b11-9-,16-15-. The average molecular weight is 790 g/mol. The van der Waals surface area contributed by atoms with Crippen LogP contribution >= 0.6 is 0 Å². The SMILES string of the molecule is CCCC/C=C\C/C=C\CCCCCCCC(=O)OCCCCCCCCCCCCCCCCC(=O)NC(CO)C(O)CCCCCCCCCCCCC. The Morgan fingerprint density at radius 3 is 1.41 bits per heavy atom. The maximum absolute atomic E-state index is 12.4. The van der Waals surface area contributed by atoms with Crippen molar-refractivity contribution in [1.82, 2.24) is 5.32 Å². The molecule has 3 N–H and O–H groups in total. The Hall–Kier alpha value is -1.66. The van der Waals surface area contributed by atoms with Gasteiger partial charge in [-0.15, -0.1) is 0 Å². The molecule has 330 valence electrons. The van der Waals surface area contributed by atoms with E-state index in [9.17, 15) is 19.8 Å². The summed E-state index contributed by atoms with van der Waals surface area (Å²) in [5, 5.41) is 23.1. The molecule has 0 spiro atoms. The van der Waals surface area contributed by atoms with Crippen LogP contribution in [0.1, 0.15) is 258 Å². The highest BCUT2D eigenvalue weighted by Crippen LogP contribution is 2.16. The van der Waals surface area contributed by atoms with Crippen LogP contribution in [0.5, 0.6) is 0 Å². The molecule has 0 rings (SSSR count). The summed E-state index contributed by atoms with van der Waals surface area (Å²) >= 11 is 0. The molecule has 0 saturated carbocycles. The van der Waals surface area contributed by atoms with Gasteiger partial charge in [-0.05, 0) is 51.4 Å². The number of rotatable bonds is 45. The average Bonchev–Trinajstić information content (AvgIpc) is 3.20. The van der Waals surface area contributed by atoms with Gasteiger partial charge in [-0.1, -0.05) is 218 Å². The first kappa shape index (κ1) is 54.3. The second-order valence-electron chi connectivity index (χ2n) is 16.8. The van der Waals surface area contributed by atoms with Crippen molar-refractivity contribution in [3.63, 3.8) is 0 Å². The monoisotopic (exact) mass is 790 g/mol. The van der Waals surface area contributed by atoms with Crippen LogP contribution < -0.4 is 5.32 Å². The number of allylic oxidation sites excluding steroid dienone is 4. The zero-order valence-corrected chi connectivity index (χ0v) is 37.4. The summed E-state index contributed by atoms with van der Waals surface area (Å²) in [6.45, 7) is 4.87.